The molecule has 2 N–H and O–H groups in total. The summed E-state index contributed by atoms with van der Waals surface area (Å²) < 4.78 is 32.5. The van der Waals surface area contributed by atoms with Crippen LogP contribution in [0.5, 0.6) is 0 Å². The molecule has 1 amide bonds. The molecule has 2 aromatic rings. The first-order chi connectivity index (χ1) is 10.8. The van der Waals surface area contributed by atoms with Crippen molar-refractivity contribution in [3.05, 3.63) is 40.2 Å². The Morgan fingerprint density at radius 1 is 1.26 bits per heavy atom. The largest absolute Gasteiger partial charge is 0.360 e. The van der Waals surface area contributed by atoms with Crippen LogP contribution in [0.2, 0.25) is 0 Å². The molecule has 0 saturated heterocycles. The van der Waals surface area contributed by atoms with Crippen molar-refractivity contribution in [1.82, 2.24) is 9.88 Å². The van der Waals surface area contributed by atoms with Crippen LogP contribution >= 0.6 is 15.9 Å². The zero-order chi connectivity index (χ0) is 17.0. The van der Waals surface area contributed by atoms with Crippen molar-refractivity contribution in [1.29, 1.82) is 0 Å². The minimum Gasteiger partial charge on any atom is -0.360 e. The van der Waals surface area contributed by atoms with E-state index in [2.05, 4.69) is 31.1 Å². The van der Waals surface area contributed by atoms with Crippen molar-refractivity contribution >= 4 is 37.5 Å². The first kappa shape index (κ1) is 17.6. The third-order valence-corrected chi connectivity index (χ3v) is 5.24. The predicted octanol–water partition coefficient (Wildman–Crippen LogP) is 2.36. The summed E-state index contributed by atoms with van der Waals surface area (Å²) in [4.78, 5) is 11.8. The average molecular weight is 402 g/mol. The van der Waals surface area contributed by atoms with Gasteiger partial charge in [0.15, 0.2) is 5.76 Å². The highest BCUT2D eigenvalue weighted by Crippen LogP contribution is 2.18. The fraction of sp³-hybridized carbons (Fsp3) is 0.286. The number of rotatable bonds is 6. The molecule has 0 fully saturated rings. The van der Waals surface area contributed by atoms with E-state index in [-0.39, 0.29) is 35.2 Å². The summed E-state index contributed by atoms with van der Waals surface area (Å²) in [6, 6.07) is 7.09. The van der Waals surface area contributed by atoms with Crippen LogP contribution in [0.15, 0.2) is 38.2 Å². The molecule has 23 heavy (non-hydrogen) atoms. The standard InChI is InChI=1S/C14H16BrN3O4S/c1-9-14(10(2)22-18-9)23(20,21)16-8-7-13(19)17-12-5-3-11(15)4-6-12/h3-6,16H,7-8H2,1-2H3,(H,17,19). The van der Waals surface area contributed by atoms with Crippen LogP contribution in [0.4, 0.5) is 5.69 Å². The number of sulfonamides is 1. The molecule has 1 aromatic carbocycles. The zero-order valence-electron chi connectivity index (χ0n) is 12.6. The summed E-state index contributed by atoms with van der Waals surface area (Å²) in [7, 11) is -3.74. The summed E-state index contributed by atoms with van der Waals surface area (Å²) in [6.45, 7) is 3.05. The summed E-state index contributed by atoms with van der Waals surface area (Å²) in [6.07, 6.45) is 0.0126. The minimum atomic E-state index is -3.74. The number of halogens is 1. The maximum Gasteiger partial charge on any atom is 0.245 e. The van der Waals surface area contributed by atoms with Gasteiger partial charge in [0.2, 0.25) is 15.9 Å². The number of nitrogens with zero attached hydrogens (tertiary/aromatic N) is 1. The molecule has 1 aromatic heterocycles. The van der Waals surface area contributed by atoms with Crippen molar-refractivity contribution in [2.75, 3.05) is 11.9 Å². The minimum absolute atomic E-state index is 0.0126. The van der Waals surface area contributed by atoms with Gasteiger partial charge in [0.1, 0.15) is 10.6 Å². The molecule has 0 saturated carbocycles. The first-order valence-corrected chi connectivity index (χ1v) is 9.05. The van der Waals surface area contributed by atoms with Crippen molar-refractivity contribution in [3.8, 4) is 0 Å². The van der Waals surface area contributed by atoms with E-state index < -0.39 is 10.0 Å². The quantitative estimate of drug-likeness (QED) is 0.773. The van der Waals surface area contributed by atoms with E-state index in [1.165, 1.54) is 6.92 Å². The second-order valence-electron chi connectivity index (χ2n) is 4.86. The topological polar surface area (TPSA) is 101 Å². The lowest BCUT2D eigenvalue weighted by Crippen LogP contribution is -2.28. The van der Waals surface area contributed by atoms with Crippen LogP contribution in [0.3, 0.4) is 0 Å². The van der Waals surface area contributed by atoms with Gasteiger partial charge in [-0.05, 0) is 38.1 Å². The molecule has 0 spiro atoms. The summed E-state index contributed by atoms with van der Waals surface area (Å²) >= 11 is 3.30. The van der Waals surface area contributed by atoms with E-state index >= 15 is 0 Å². The lowest BCUT2D eigenvalue weighted by atomic mass is 10.3. The number of carbonyl (C=O) groups excluding carboxylic acids is 1. The SMILES string of the molecule is Cc1noc(C)c1S(=O)(=O)NCCC(=O)Nc1ccc(Br)cc1. The molecular weight excluding hydrogens is 386 g/mol. The van der Waals surface area contributed by atoms with Crippen LogP contribution in [0.1, 0.15) is 17.9 Å². The molecule has 124 valence electrons. The number of nitrogens with one attached hydrogen (secondary N) is 2. The second kappa shape index (κ2) is 7.24. The summed E-state index contributed by atoms with van der Waals surface area (Å²) in [5, 5.41) is 6.30. The summed E-state index contributed by atoms with van der Waals surface area (Å²) in [5.41, 5.74) is 0.932. The number of aromatic nitrogens is 1. The predicted molar refractivity (Wildman–Crippen MR) is 88.6 cm³/mol. The van der Waals surface area contributed by atoms with Crippen LogP contribution < -0.4 is 10.0 Å². The Hall–Kier alpha value is -1.71. The normalized spacial score (nSPS) is 11.4. The Labute approximate surface area is 142 Å². The van der Waals surface area contributed by atoms with Crippen molar-refractivity contribution in [2.24, 2.45) is 0 Å². The van der Waals surface area contributed by atoms with Gasteiger partial charge in [-0.2, -0.15) is 0 Å². The molecule has 0 aliphatic heterocycles. The zero-order valence-corrected chi connectivity index (χ0v) is 15.0. The summed E-state index contributed by atoms with van der Waals surface area (Å²) in [5.74, 6) is -0.0666. The fourth-order valence-electron chi connectivity index (χ4n) is 1.99. The number of hydrogen-bond acceptors (Lipinski definition) is 5. The molecular formula is C14H16BrN3O4S. The monoisotopic (exact) mass is 401 g/mol. The maximum absolute atomic E-state index is 12.2. The lowest BCUT2D eigenvalue weighted by molar-refractivity contribution is -0.116. The van der Waals surface area contributed by atoms with Gasteiger partial charge in [0.05, 0.1) is 0 Å². The Morgan fingerprint density at radius 2 is 1.91 bits per heavy atom. The lowest BCUT2D eigenvalue weighted by Gasteiger charge is -2.07. The number of carbonyl (C=O) groups is 1. The van der Waals surface area contributed by atoms with Crippen molar-refractivity contribution < 1.29 is 17.7 Å². The average Bonchev–Trinajstić information content (AvgIpc) is 2.81. The number of anilines is 1. The molecule has 0 aliphatic rings. The molecule has 9 heteroatoms. The Bertz CT molecular complexity index is 780. The molecule has 0 atom stereocenters. The maximum atomic E-state index is 12.2. The van der Waals surface area contributed by atoms with Gasteiger partial charge in [-0.3, -0.25) is 4.79 Å². The Balaban J connectivity index is 1.89. The first-order valence-electron chi connectivity index (χ1n) is 6.77. The van der Waals surface area contributed by atoms with Crippen molar-refractivity contribution in [3.63, 3.8) is 0 Å². The van der Waals surface area contributed by atoms with Gasteiger partial charge in [-0.1, -0.05) is 21.1 Å². The van der Waals surface area contributed by atoms with Gasteiger partial charge >= 0.3 is 0 Å². The van der Waals surface area contributed by atoms with E-state index in [1.807, 2.05) is 0 Å². The van der Waals surface area contributed by atoms with Crippen LogP contribution in [0.25, 0.3) is 0 Å². The van der Waals surface area contributed by atoms with Gasteiger partial charge in [-0.25, -0.2) is 13.1 Å². The van der Waals surface area contributed by atoms with Gasteiger partial charge in [0.25, 0.3) is 0 Å². The molecule has 0 aliphatic carbocycles. The highest BCUT2D eigenvalue weighted by atomic mass is 79.9. The van der Waals surface area contributed by atoms with E-state index in [9.17, 15) is 13.2 Å². The fourth-order valence-corrected chi connectivity index (χ4v) is 3.61. The molecule has 0 radical (unpaired) electrons. The second-order valence-corrected chi connectivity index (χ2v) is 7.48. The Kier molecular flexibility index (Phi) is 5.55. The molecule has 1 heterocycles. The van der Waals surface area contributed by atoms with Crippen molar-refractivity contribution in [2.45, 2.75) is 25.2 Å². The highest BCUT2D eigenvalue weighted by Gasteiger charge is 2.23. The number of benzene rings is 1. The number of hydrogen-bond donors (Lipinski definition) is 2. The molecule has 2 rings (SSSR count). The smallest absolute Gasteiger partial charge is 0.245 e. The van der Waals surface area contributed by atoms with Crippen LogP contribution in [0, 0.1) is 13.8 Å². The molecule has 0 bridgehead atoms. The third-order valence-electron chi connectivity index (χ3n) is 3.01. The van der Waals surface area contributed by atoms with Gasteiger partial charge in [-0.15, -0.1) is 0 Å². The van der Waals surface area contributed by atoms with E-state index in [0.717, 1.165) is 4.47 Å². The number of amides is 1. The molecule has 7 nitrogen and oxygen atoms in total. The van der Waals surface area contributed by atoms with Crippen LogP contribution in [-0.4, -0.2) is 26.0 Å². The Morgan fingerprint density at radius 3 is 2.48 bits per heavy atom. The molecule has 0 unspecified atom stereocenters. The van der Waals surface area contributed by atoms with E-state index in [1.54, 1.807) is 31.2 Å². The highest BCUT2D eigenvalue weighted by molar-refractivity contribution is 9.10. The van der Waals surface area contributed by atoms with Crippen LogP contribution in [-0.2, 0) is 14.8 Å². The third kappa shape index (κ3) is 4.63. The van der Waals surface area contributed by atoms with Gasteiger partial charge < -0.3 is 9.84 Å². The van der Waals surface area contributed by atoms with E-state index in [0.29, 0.717) is 5.69 Å². The van der Waals surface area contributed by atoms with Gasteiger partial charge in [0, 0.05) is 23.1 Å². The van der Waals surface area contributed by atoms with E-state index in [4.69, 9.17) is 4.52 Å². The number of aryl methyl sites for hydroxylation is 2.